The molecule has 8 nitrogen and oxygen atoms in total. The van der Waals surface area contributed by atoms with Gasteiger partial charge in [-0.2, -0.15) is 4.98 Å². The first-order valence-corrected chi connectivity index (χ1v) is 10.2. The highest BCUT2D eigenvalue weighted by Crippen LogP contribution is 2.20. The van der Waals surface area contributed by atoms with E-state index in [1.165, 1.54) is 0 Å². The first-order chi connectivity index (χ1) is 13.2. The number of β-amino-alcohol motifs (C(OH)–C–C–N with tert-alkyl or cyclic N) is 1. The minimum atomic E-state index is -0.270. The zero-order chi connectivity index (χ0) is 18.6. The summed E-state index contributed by atoms with van der Waals surface area (Å²) < 4.78 is 0. The quantitative estimate of drug-likeness (QED) is 0.806. The van der Waals surface area contributed by atoms with Crippen LogP contribution in [0.3, 0.4) is 0 Å². The van der Waals surface area contributed by atoms with Gasteiger partial charge in [0.2, 0.25) is 11.9 Å². The Kier molecular flexibility index (Phi) is 5.73. The second kappa shape index (κ2) is 8.39. The fourth-order valence-electron chi connectivity index (χ4n) is 4.19. The van der Waals surface area contributed by atoms with Crippen molar-refractivity contribution in [1.82, 2.24) is 19.8 Å². The van der Waals surface area contributed by atoms with E-state index < -0.39 is 0 Å². The molecule has 0 aromatic carbocycles. The van der Waals surface area contributed by atoms with E-state index in [4.69, 9.17) is 4.98 Å². The number of piperazine rings is 1. The maximum Gasteiger partial charge on any atom is 0.236 e. The summed E-state index contributed by atoms with van der Waals surface area (Å²) in [6.45, 7) is 7.32. The van der Waals surface area contributed by atoms with Crippen molar-refractivity contribution in [3.63, 3.8) is 0 Å². The molecule has 8 heteroatoms. The van der Waals surface area contributed by atoms with Gasteiger partial charge >= 0.3 is 0 Å². The Morgan fingerprint density at radius 2 is 1.81 bits per heavy atom. The number of nitrogens with zero attached hydrogens (tertiary/aromatic N) is 6. The minimum absolute atomic E-state index is 0.267. The molecule has 0 spiro atoms. The second-order valence-corrected chi connectivity index (χ2v) is 7.81. The molecule has 1 unspecified atom stereocenters. The summed E-state index contributed by atoms with van der Waals surface area (Å²) in [6, 6.07) is 1.92. The van der Waals surface area contributed by atoms with Gasteiger partial charge in [0.15, 0.2) is 0 Å². The lowest BCUT2D eigenvalue weighted by Gasteiger charge is -2.36. The topological polar surface area (TPSA) is 76.0 Å². The van der Waals surface area contributed by atoms with Crippen LogP contribution in [0.15, 0.2) is 12.3 Å². The number of aliphatic hydroxyl groups excluding tert-OH is 1. The molecule has 1 N–H and O–H groups in total. The molecule has 148 valence electrons. The van der Waals surface area contributed by atoms with Gasteiger partial charge in [0, 0.05) is 58.6 Å². The number of aromatic nitrogens is 2. The zero-order valence-electron chi connectivity index (χ0n) is 16.0. The third-order valence-corrected chi connectivity index (χ3v) is 5.82. The molecule has 1 amide bonds. The normalized spacial score (nSPS) is 24.5. The van der Waals surface area contributed by atoms with Gasteiger partial charge in [0.1, 0.15) is 5.82 Å². The van der Waals surface area contributed by atoms with Gasteiger partial charge in [-0.3, -0.25) is 9.69 Å². The van der Waals surface area contributed by atoms with Gasteiger partial charge in [-0.15, -0.1) is 0 Å². The SMILES string of the molecule is O=C(CN1CCN(c2nccc(N3CCCC(O)C3)n2)CC1)N1CCCC1. The fraction of sp³-hybridized carbons (Fsp3) is 0.737. The maximum absolute atomic E-state index is 12.3. The van der Waals surface area contributed by atoms with Gasteiger partial charge in [-0.25, -0.2) is 4.98 Å². The van der Waals surface area contributed by atoms with Crippen LogP contribution in [0.2, 0.25) is 0 Å². The number of anilines is 2. The molecule has 3 aliphatic rings. The number of hydrogen-bond donors (Lipinski definition) is 1. The fourth-order valence-corrected chi connectivity index (χ4v) is 4.19. The first-order valence-electron chi connectivity index (χ1n) is 10.2. The molecule has 27 heavy (non-hydrogen) atoms. The lowest BCUT2D eigenvalue weighted by Crippen LogP contribution is -2.50. The molecule has 4 rings (SSSR count). The average Bonchev–Trinajstić information content (AvgIpc) is 3.24. The average molecular weight is 374 g/mol. The summed E-state index contributed by atoms with van der Waals surface area (Å²) in [5.74, 6) is 1.91. The van der Waals surface area contributed by atoms with Gasteiger partial charge in [-0.1, -0.05) is 0 Å². The molecule has 1 atom stereocenters. The Labute approximate surface area is 160 Å². The van der Waals surface area contributed by atoms with Crippen LogP contribution in [-0.2, 0) is 4.79 Å². The van der Waals surface area contributed by atoms with E-state index in [1.54, 1.807) is 0 Å². The van der Waals surface area contributed by atoms with Crippen molar-refractivity contribution in [2.24, 2.45) is 0 Å². The molecular formula is C19H30N6O2. The summed E-state index contributed by atoms with van der Waals surface area (Å²) in [5, 5.41) is 9.91. The molecule has 4 heterocycles. The number of likely N-dealkylation sites (tertiary alicyclic amines) is 1. The van der Waals surface area contributed by atoms with E-state index >= 15 is 0 Å². The summed E-state index contributed by atoms with van der Waals surface area (Å²) in [4.78, 5) is 30.1. The molecule has 0 bridgehead atoms. The van der Waals surface area contributed by atoms with Crippen LogP contribution in [0.4, 0.5) is 11.8 Å². The Hall–Kier alpha value is -1.93. The van der Waals surface area contributed by atoms with Crippen molar-refractivity contribution in [2.45, 2.75) is 31.8 Å². The molecule has 1 aromatic heterocycles. The monoisotopic (exact) mass is 374 g/mol. The van der Waals surface area contributed by atoms with E-state index in [0.717, 1.165) is 83.3 Å². The zero-order valence-corrected chi connectivity index (χ0v) is 16.0. The molecule has 1 aromatic rings. The summed E-state index contributed by atoms with van der Waals surface area (Å²) >= 11 is 0. The number of carbonyl (C=O) groups excluding carboxylic acids is 1. The van der Waals surface area contributed by atoms with Crippen molar-refractivity contribution >= 4 is 17.7 Å². The van der Waals surface area contributed by atoms with Crippen molar-refractivity contribution in [2.75, 3.05) is 68.7 Å². The molecule has 0 aliphatic carbocycles. The molecule has 0 radical (unpaired) electrons. The summed E-state index contributed by atoms with van der Waals surface area (Å²) in [6.07, 6.45) is 5.68. The second-order valence-electron chi connectivity index (χ2n) is 7.81. The number of aliphatic hydroxyl groups is 1. The van der Waals surface area contributed by atoms with Crippen LogP contribution < -0.4 is 9.80 Å². The smallest absolute Gasteiger partial charge is 0.236 e. The lowest BCUT2D eigenvalue weighted by molar-refractivity contribution is -0.131. The third kappa shape index (κ3) is 4.50. The molecule has 3 fully saturated rings. The standard InChI is InChI=1S/C19H30N6O2/c26-16-4-3-9-25(14-16)17-5-6-20-19(21-17)24-12-10-22(11-13-24)15-18(27)23-7-1-2-8-23/h5-6,16,26H,1-4,7-15H2. The van der Waals surface area contributed by atoms with E-state index in [2.05, 4.69) is 19.7 Å². The van der Waals surface area contributed by atoms with Crippen molar-refractivity contribution in [3.8, 4) is 0 Å². The first kappa shape index (κ1) is 18.4. The number of hydrogen-bond acceptors (Lipinski definition) is 7. The maximum atomic E-state index is 12.3. The summed E-state index contributed by atoms with van der Waals surface area (Å²) in [7, 11) is 0. The van der Waals surface area contributed by atoms with Gasteiger partial charge < -0.3 is 19.8 Å². The Morgan fingerprint density at radius 3 is 2.56 bits per heavy atom. The predicted octanol–water partition coefficient (Wildman–Crippen LogP) is 0.182. The number of piperidine rings is 1. The van der Waals surface area contributed by atoms with Crippen molar-refractivity contribution < 1.29 is 9.90 Å². The van der Waals surface area contributed by atoms with Crippen LogP contribution in [0.1, 0.15) is 25.7 Å². The molecule has 3 saturated heterocycles. The number of rotatable bonds is 4. The number of carbonyl (C=O) groups is 1. The van der Waals surface area contributed by atoms with Gasteiger partial charge in [0.05, 0.1) is 12.6 Å². The van der Waals surface area contributed by atoms with Crippen molar-refractivity contribution in [3.05, 3.63) is 12.3 Å². The van der Waals surface area contributed by atoms with Crippen molar-refractivity contribution in [1.29, 1.82) is 0 Å². The molecule has 3 aliphatic heterocycles. The Bertz CT molecular complexity index is 643. The van der Waals surface area contributed by atoms with Crippen LogP contribution in [0, 0.1) is 0 Å². The van der Waals surface area contributed by atoms with Crippen LogP contribution in [0.5, 0.6) is 0 Å². The van der Waals surface area contributed by atoms with Crippen LogP contribution in [-0.4, -0.2) is 95.8 Å². The van der Waals surface area contributed by atoms with E-state index in [-0.39, 0.29) is 12.0 Å². The molecular weight excluding hydrogens is 344 g/mol. The van der Waals surface area contributed by atoms with E-state index in [0.29, 0.717) is 13.1 Å². The Balaban J connectivity index is 1.31. The van der Waals surface area contributed by atoms with Crippen LogP contribution in [0.25, 0.3) is 0 Å². The minimum Gasteiger partial charge on any atom is -0.391 e. The largest absolute Gasteiger partial charge is 0.391 e. The van der Waals surface area contributed by atoms with Gasteiger partial charge in [0.25, 0.3) is 0 Å². The number of amides is 1. The lowest BCUT2D eigenvalue weighted by atomic mass is 10.1. The summed E-state index contributed by atoms with van der Waals surface area (Å²) in [5.41, 5.74) is 0. The Morgan fingerprint density at radius 1 is 1.04 bits per heavy atom. The highest BCUT2D eigenvalue weighted by Gasteiger charge is 2.25. The highest BCUT2D eigenvalue weighted by atomic mass is 16.3. The van der Waals surface area contributed by atoms with E-state index in [9.17, 15) is 9.90 Å². The predicted molar refractivity (Wildman–Crippen MR) is 104 cm³/mol. The highest BCUT2D eigenvalue weighted by molar-refractivity contribution is 5.78. The molecule has 0 saturated carbocycles. The van der Waals surface area contributed by atoms with Crippen LogP contribution >= 0.6 is 0 Å². The van der Waals surface area contributed by atoms with E-state index in [1.807, 2.05) is 17.2 Å². The third-order valence-electron chi connectivity index (χ3n) is 5.82. The van der Waals surface area contributed by atoms with Gasteiger partial charge in [-0.05, 0) is 31.7 Å².